The number of nitrogens with zero attached hydrogens (tertiary/aromatic N) is 2. The van der Waals surface area contributed by atoms with Crippen molar-refractivity contribution in [2.24, 2.45) is 5.92 Å². The first-order valence-electron chi connectivity index (χ1n) is 10.3. The molecule has 2 amide bonds. The fraction of sp³-hybridized carbons (Fsp3) is 0.409. The van der Waals surface area contributed by atoms with Crippen LogP contribution in [0.1, 0.15) is 36.7 Å². The van der Waals surface area contributed by atoms with Gasteiger partial charge in [-0.2, -0.15) is 0 Å². The number of thiophene rings is 1. The summed E-state index contributed by atoms with van der Waals surface area (Å²) in [4.78, 5) is 31.2. The summed E-state index contributed by atoms with van der Waals surface area (Å²) in [6.45, 7) is 5.04. The monoisotopic (exact) mass is 504 g/mol. The van der Waals surface area contributed by atoms with E-state index in [-0.39, 0.29) is 11.6 Å². The molecule has 0 radical (unpaired) electrons. The Hall–Kier alpha value is -2.39. The zero-order valence-corrected chi connectivity index (χ0v) is 20.2. The molecule has 4 rings (SSSR count). The van der Waals surface area contributed by atoms with Crippen LogP contribution in [-0.4, -0.2) is 22.7 Å². The summed E-state index contributed by atoms with van der Waals surface area (Å²) in [6.07, 6.45) is 2.95. The van der Waals surface area contributed by atoms with Gasteiger partial charge < -0.3 is 10.1 Å². The predicted molar refractivity (Wildman–Crippen MR) is 127 cm³/mol. The van der Waals surface area contributed by atoms with Crippen LogP contribution in [0.3, 0.4) is 0 Å². The lowest BCUT2D eigenvalue weighted by Gasteiger charge is -2.11. The van der Waals surface area contributed by atoms with Gasteiger partial charge in [0.15, 0.2) is 0 Å². The van der Waals surface area contributed by atoms with E-state index >= 15 is 0 Å². The number of amides is 2. The van der Waals surface area contributed by atoms with Crippen LogP contribution < -0.4 is 20.9 Å². The van der Waals surface area contributed by atoms with Crippen molar-refractivity contribution < 1.29 is 9.53 Å². The van der Waals surface area contributed by atoms with Gasteiger partial charge >= 0.3 is 6.03 Å². The number of aryl methyl sites for hydroxylation is 2. The Balaban J connectivity index is 1.56. The first-order chi connectivity index (χ1) is 14.9. The van der Waals surface area contributed by atoms with Crippen molar-refractivity contribution in [3.63, 3.8) is 0 Å². The normalized spacial score (nSPS) is 15.9. The van der Waals surface area contributed by atoms with Crippen LogP contribution in [0.15, 0.2) is 27.5 Å². The lowest BCUT2D eigenvalue weighted by atomic mass is 10.1. The van der Waals surface area contributed by atoms with Crippen LogP contribution in [0.25, 0.3) is 10.2 Å². The molecule has 9 heteroatoms. The zero-order chi connectivity index (χ0) is 22.1. The maximum atomic E-state index is 13.2. The smallest absolute Gasteiger partial charge is 0.320 e. The molecule has 0 unspecified atom stereocenters. The van der Waals surface area contributed by atoms with E-state index in [2.05, 4.69) is 33.5 Å². The van der Waals surface area contributed by atoms with Crippen molar-refractivity contribution in [3.05, 3.63) is 50.0 Å². The number of anilines is 1. The Bertz CT molecular complexity index is 1200. The number of halogens is 1. The second kappa shape index (κ2) is 9.00. The summed E-state index contributed by atoms with van der Waals surface area (Å²) in [5, 5.41) is 6.99. The van der Waals surface area contributed by atoms with Crippen molar-refractivity contribution in [2.45, 2.75) is 46.2 Å². The fourth-order valence-electron chi connectivity index (χ4n) is 3.98. The van der Waals surface area contributed by atoms with E-state index in [1.54, 1.807) is 7.11 Å². The highest BCUT2D eigenvalue weighted by molar-refractivity contribution is 9.10. The summed E-state index contributed by atoms with van der Waals surface area (Å²) in [5.41, 5.74) is 1.62. The van der Waals surface area contributed by atoms with Crippen molar-refractivity contribution >= 4 is 48.5 Å². The average molecular weight is 505 g/mol. The number of benzene rings is 1. The third-order valence-corrected chi connectivity index (χ3v) is 7.22. The van der Waals surface area contributed by atoms with E-state index < -0.39 is 0 Å². The van der Waals surface area contributed by atoms with Gasteiger partial charge in [0.2, 0.25) is 0 Å². The Morgan fingerprint density at radius 2 is 2.23 bits per heavy atom. The molecular weight excluding hydrogens is 480 g/mol. The summed E-state index contributed by atoms with van der Waals surface area (Å²) >= 11 is 4.79. The molecule has 0 saturated heterocycles. The number of carbonyl (C=O) groups is 1. The minimum atomic E-state index is -0.341. The first kappa shape index (κ1) is 21.8. The van der Waals surface area contributed by atoms with E-state index in [9.17, 15) is 9.59 Å². The molecule has 1 aliphatic rings. The minimum Gasteiger partial charge on any atom is -0.496 e. The van der Waals surface area contributed by atoms with Crippen LogP contribution in [0, 0.1) is 12.8 Å². The zero-order valence-electron chi connectivity index (χ0n) is 17.8. The third kappa shape index (κ3) is 4.48. The molecule has 1 atom stereocenters. The van der Waals surface area contributed by atoms with Crippen LogP contribution in [0.2, 0.25) is 0 Å². The fourth-order valence-corrected chi connectivity index (χ4v) is 5.47. The SMILES string of the molecule is COc1ccc(Br)cc1CNC(=O)Nc1sc2nc3n(c(=O)c2c1C)C[C@H](C)CCC3. The molecule has 3 aromatic rings. The number of aromatic nitrogens is 2. The average Bonchev–Trinajstić information content (AvgIpc) is 2.91. The molecule has 1 aromatic carbocycles. The van der Waals surface area contributed by atoms with Gasteiger partial charge in [0, 0.05) is 29.5 Å². The highest BCUT2D eigenvalue weighted by Gasteiger charge is 2.21. The van der Waals surface area contributed by atoms with Crippen molar-refractivity contribution in [2.75, 3.05) is 12.4 Å². The molecule has 3 heterocycles. The number of hydrogen-bond donors (Lipinski definition) is 2. The number of nitrogens with one attached hydrogen (secondary N) is 2. The molecule has 164 valence electrons. The van der Waals surface area contributed by atoms with Gasteiger partial charge in [-0.25, -0.2) is 9.78 Å². The number of methoxy groups -OCH3 is 1. The Morgan fingerprint density at radius 3 is 3.00 bits per heavy atom. The molecule has 1 aliphatic heterocycles. The molecular formula is C22H25BrN4O3S. The van der Waals surface area contributed by atoms with E-state index in [1.165, 1.54) is 11.3 Å². The third-order valence-electron chi connectivity index (χ3n) is 5.63. The molecule has 0 spiro atoms. The van der Waals surface area contributed by atoms with Crippen LogP contribution in [-0.2, 0) is 19.5 Å². The number of fused-ring (bicyclic) bond motifs is 2. The molecule has 7 nitrogen and oxygen atoms in total. The maximum absolute atomic E-state index is 13.2. The number of ether oxygens (including phenoxy) is 1. The standard InChI is InChI=1S/C22H25BrN4O3S/c1-12-5-4-6-17-25-20-18(21(28)27(17)11-12)13(2)19(31-20)26-22(29)24-10-14-9-15(23)7-8-16(14)30-3/h7-9,12H,4-6,10-11H2,1-3H3,(H2,24,26,29)/t12-/m1/s1. The first-order valence-corrected chi connectivity index (χ1v) is 11.9. The van der Waals surface area contributed by atoms with Gasteiger partial charge in [0.05, 0.1) is 12.5 Å². The van der Waals surface area contributed by atoms with Gasteiger partial charge in [-0.05, 0) is 49.4 Å². The highest BCUT2D eigenvalue weighted by Crippen LogP contribution is 2.33. The summed E-state index contributed by atoms with van der Waals surface area (Å²) in [6, 6.07) is 5.30. The molecule has 2 N–H and O–H groups in total. The highest BCUT2D eigenvalue weighted by atomic mass is 79.9. The van der Waals surface area contributed by atoms with E-state index in [4.69, 9.17) is 9.72 Å². The minimum absolute atomic E-state index is 0.00479. The quantitative estimate of drug-likeness (QED) is 0.532. The molecule has 0 saturated carbocycles. The number of carbonyl (C=O) groups excluding carboxylic acids is 1. The molecule has 0 aliphatic carbocycles. The Labute approximate surface area is 193 Å². The van der Waals surface area contributed by atoms with Gasteiger partial charge in [0.1, 0.15) is 21.4 Å². The van der Waals surface area contributed by atoms with Gasteiger partial charge in [0.25, 0.3) is 5.56 Å². The lowest BCUT2D eigenvalue weighted by molar-refractivity contribution is 0.251. The Kier molecular flexibility index (Phi) is 6.34. The van der Waals surface area contributed by atoms with Crippen LogP contribution >= 0.6 is 27.3 Å². The molecule has 31 heavy (non-hydrogen) atoms. The summed E-state index contributed by atoms with van der Waals surface area (Å²) in [5.74, 6) is 2.01. The topological polar surface area (TPSA) is 85.2 Å². The lowest BCUT2D eigenvalue weighted by Crippen LogP contribution is -2.28. The van der Waals surface area contributed by atoms with Gasteiger partial charge in [-0.1, -0.05) is 34.2 Å². The summed E-state index contributed by atoms with van der Waals surface area (Å²) in [7, 11) is 1.60. The second-order valence-electron chi connectivity index (χ2n) is 7.94. The number of rotatable bonds is 4. The number of hydrogen-bond acceptors (Lipinski definition) is 5. The van der Waals surface area contributed by atoms with E-state index in [0.29, 0.717) is 40.0 Å². The van der Waals surface area contributed by atoms with Crippen molar-refractivity contribution in [1.82, 2.24) is 14.9 Å². The second-order valence-corrected chi connectivity index (χ2v) is 9.86. The molecule has 2 aromatic heterocycles. The van der Waals surface area contributed by atoms with Crippen molar-refractivity contribution in [3.8, 4) is 5.75 Å². The largest absolute Gasteiger partial charge is 0.496 e. The maximum Gasteiger partial charge on any atom is 0.320 e. The molecule has 0 fully saturated rings. The van der Waals surface area contributed by atoms with Crippen LogP contribution in [0.5, 0.6) is 5.75 Å². The molecule has 0 bridgehead atoms. The van der Waals surface area contributed by atoms with Crippen molar-refractivity contribution in [1.29, 1.82) is 0 Å². The summed E-state index contributed by atoms with van der Waals surface area (Å²) < 4.78 is 8.08. The van der Waals surface area contributed by atoms with E-state index in [1.807, 2.05) is 29.7 Å². The van der Waals surface area contributed by atoms with E-state index in [0.717, 1.165) is 40.7 Å². The number of urea groups is 1. The van der Waals surface area contributed by atoms with Gasteiger partial charge in [-0.15, -0.1) is 0 Å². The van der Waals surface area contributed by atoms with Crippen LogP contribution in [0.4, 0.5) is 9.80 Å². The van der Waals surface area contributed by atoms with Gasteiger partial charge in [-0.3, -0.25) is 14.7 Å². The Morgan fingerprint density at radius 1 is 1.42 bits per heavy atom. The predicted octanol–water partition coefficient (Wildman–Crippen LogP) is 4.83.